The number of rotatable bonds is 10. The minimum Gasteiger partial charge on any atom is -0.497 e. The van der Waals surface area contributed by atoms with Crippen molar-refractivity contribution in [3.8, 4) is 11.3 Å². The van der Waals surface area contributed by atoms with Gasteiger partial charge in [-0.05, 0) is 114 Å². The summed E-state index contributed by atoms with van der Waals surface area (Å²) < 4.78 is 11.6. The van der Waals surface area contributed by atoms with Crippen molar-refractivity contribution in [1.82, 2.24) is 4.98 Å². The number of hydrogen-bond acceptors (Lipinski definition) is 5. The molecule has 1 aromatic heterocycles. The van der Waals surface area contributed by atoms with Crippen LogP contribution in [0.25, 0.3) is 11.3 Å². The van der Waals surface area contributed by atoms with Gasteiger partial charge in [0.25, 0.3) is 0 Å². The predicted molar refractivity (Wildman–Crippen MR) is 163 cm³/mol. The number of ether oxygens (including phenoxy) is 1. The third-order valence-corrected chi connectivity index (χ3v) is 9.18. The van der Waals surface area contributed by atoms with Gasteiger partial charge in [-0.2, -0.15) is 0 Å². The van der Waals surface area contributed by atoms with Crippen LogP contribution in [0, 0.1) is 17.8 Å². The van der Waals surface area contributed by atoms with E-state index in [0.717, 1.165) is 91.2 Å². The van der Waals surface area contributed by atoms with Crippen molar-refractivity contribution in [3.63, 3.8) is 0 Å². The SMILES string of the molecule is C=C(/C=C\C(OC)=C(C)C)[C@H]1CC[C@H](CN(c2cccc(-c3cnc(C4CC4)o3)c2)C(=O)[C@H]2CC[C@H](O)CC2)CC1. The maximum absolute atomic E-state index is 14.0. The molecule has 3 saturated carbocycles. The molecule has 0 radical (unpaired) electrons. The predicted octanol–water partition coefficient (Wildman–Crippen LogP) is 7.96. The van der Waals surface area contributed by atoms with E-state index >= 15 is 0 Å². The number of aromatic nitrogens is 1. The molecule has 5 rings (SSSR count). The number of carbonyl (C=O) groups excluding carboxylic acids is 1. The number of allylic oxidation sites excluding steroid dienone is 4. The van der Waals surface area contributed by atoms with Crippen molar-refractivity contribution >= 4 is 11.6 Å². The van der Waals surface area contributed by atoms with Gasteiger partial charge in [0.2, 0.25) is 5.91 Å². The van der Waals surface area contributed by atoms with Gasteiger partial charge in [-0.15, -0.1) is 0 Å². The highest BCUT2D eigenvalue weighted by Gasteiger charge is 2.33. The van der Waals surface area contributed by atoms with Crippen molar-refractivity contribution in [2.75, 3.05) is 18.6 Å². The number of hydrogen-bond donors (Lipinski definition) is 1. The van der Waals surface area contributed by atoms with E-state index in [1.165, 1.54) is 0 Å². The first-order valence-electron chi connectivity index (χ1n) is 15.5. The minimum atomic E-state index is -0.280. The number of carbonyl (C=O) groups is 1. The lowest BCUT2D eigenvalue weighted by Crippen LogP contribution is -2.42. The van der Waals surface area contributed by atoms with Gasteiger partial charge < -0.3 is 19.2 Å². The lowest BCUT2D eigenvalue weighted by Gasteiger charge is -2.36. The molecule has 0 aliphatic heterocycles. The van der Waals surface area contributed by atoms with Gasteiger partial charge in [0.15, 0.2) is 11.7 Å². The molecule has 6 nitrogen and oxygen atoms in total. The van der Waals surface area contributed by atoms with Crippen LogP contribution < -0.4 is 4.90 Å². The van der Waals surface area contributed by atoms with Crippen LogP contribution in [0.4, 0.5) is 5.69 Å². The second-order valence-electron chi connectivity index (χ2n) is 12.5. The highest BCUT2D eigenvalue weighted by molar-refractivity contribution is 5.95. The van der Waals surface area contributed by atoms with Crippen LogP contribution in [-0.2, 0) is 9.53 Å². The number of methoxy groups -OCH3 is 1. The molecule has 0 bridgehead atoms. The maximum Gasteiger partial charge on any atom is 0.230 e. The van der Waals surface area contributed by atoms with Crippen molar-refractivity contribution < 1.29 is 19.1 Å². The summed E-state index contributed by atoms with van der Waals surface area (Å²) in [5.41, 5.74) is 4.18. The fourth-order valence-corrected chi connectivity index (χ4v) is 6.36. The zero-order valence-corrected chi connectivity index (χ0v) is 25.0. The fourth-order valence-electron chi connectivity index (χ4n) is 6.36. The molecule has 220 valence electrons. The van der Waals surface area contributed by atoms with Gasteiger partial charge in [-0.1, -0.05) is 30.4 Å². The van der Waals surface area contributed by atoms with Gasteiger partial charge >= 0.3 is 0 Å². The molecular weight excluding hydrogens is 512 g/mol. The molecule has 3 aliphatic carbocycles. The van der Waals surface area contributed by atoms with Crippen LogP contribution in [0.15, 0.2) is 70.5 Å². The number of anilines is 1. The molecule has 2 aromatic rings. The second-order valence-corrected chi connectivity index (χ2v) is 12.5. The summed E-state index contributed by atoms with van der Waals surface area (Å²) in [5.74, 6) is 3.98. The van der Waals surface area contributed by atoms with Gasteiger partial charge in [0.05, 0.1) is 19.4 Å². The van der Waals surface area contributed by atoms with E-state index in [0.29, 0.717) is 37.1 Å². The fraction of sp³-hybridized carbons (Fsp3) is 0.543. The number of nitrogens with zero attached hydrogens (tertiary/aromatic N) is 2. The van der Waals surface area contributed by atoms with Crippen LogP contribution in [-0.4, -0.2) is 35.8 Å². The average Bonchev–Trinajstić information content (AvgIpc) is 3.72. The highest BCUT2D eigenvalue weighted by atomic mass is 16.5. The van der Waals surface area contributed by atoms with E-state index in [-0.39, 0.29) is 17.9 Å². The average molecular weight is 559 g/mol. The maximum atomic E-state index is 14.0. The summed E-state index contributed by atoms with van der Waals surface area (Å²) in [7, 11) is 1.70. The summed E-state index contributed by atoms with van der Waals surface area (Å²) in [4.78, 5) is 20.5. The lowest BCUT2D eigenvalue weighted by molar-refractivity contribution is -0.124. The van der Waals surface area contributed by atoms with Crippen molar-refractivity contribution in [2.24, 2.45) is 17.8 Å². The number of benzene rings is 1. The molecular formula is C35H46N2O4. The Morgan fingerprint density at radius 3 is 2.41 bits per heavy atom. The van der Waals surface area contributed by atoms with E-state index in [2.05, 4.69) is 23.7 Å². The third-order valence-electron chi connectivity index (χ3n) is 9.18. The molecule has 1 N–H and O–H groups in total. The molecule has 0 unspecified atom stereocenters. The number of aliphatic hydroxyl groups excluding tert-OH is 1. The summed E-state index contributed by atoms with van der Waals surface area (Å²) >= 11 is 0. The van der Waals surface area contributed by atoms with E-state index in [9.17, 15) is 9.90 Å². The van der Waals surface area contributed by atoms with Crippen LogP contribution in [0.3, 0.4) is 0 Å². The molecule has 41 heavy (non-hydrogen) atoms. The first-order valence-corrected chi connectivity index (χ1v) is 15.5. The number of amides is 1. The van der Waals surface area contributed by atoms with Crippen LogP contribution >= 0.6 is 0 Å². The van der Waals surface area contributed by atoms with Gasteiger partial charge in [-0.25, -0.2) is 4.98 Å². The zero-order valence-electron chi connectivity index (χ0n) is 25.0. The first-order chi connectivity index (χ1) is 19.8. The Balaban J connectivity index is 1.29. The van der Waals surface area contributed by atoms with E-state index < -0.39 is 0 Å². The normalized spacial score (nSPS) is 24.7. The van der Waals surface area contributed by atoms with E-state index in [1.807, 2.05) is 49.2 Å². The molecule has 3 fully saturated rings. The molecule has 0 atom stereocenters. The Kier molecular flexibility index (Phi) is 9.49. The quantitative estimate of drug-likeness (QED) is 0.236. The molecule has 0 spiro atoms. The van der Waals surface area contributed by atoms with Crippen molar-refractivity contribution in [2.45, 2.75) is 90.1 Å². The zero-order chi connectivity index (χ0) is 28.9. The smallest absolute Gasteiger partial charge is 0.230 e. The Hall–Kier alpha value is -3.12. The van der Waals surface area contributed by atoms with Gasteiger partial charge in [0, 0.05) is 29.6 Å². The first kappa shape index (κ1) is 29.4. The summed E-state index contributed by atoms with van der Waals surface area (Å²) in [6, 6.07) is 8.19. The van der Waals surface area contributed by atoms with Crippen LogP contribution in [0.1, 0.15) is 89.9 Å². The van der Waals surface area contributed by atoms with Gasteiger partial charge in [0.1, 0.15) is 5.76 Å². The highest BCUT2D eigenvalue weighted by Crippen LogP contribution is 2.41. The molecule has 3 aliphatic rings. The van der Waals surface area contributed by atoms with Crippen molar-refractivity contribution in [1.29, 1.82) is 0 Å². The topological polar surface area (TPSA) is 75.8 Å². The summed E-state index contributed by atoms with van der Waals surface area (Å²) in [6.45, 7) is 9.17. The summed E-state index contributed by atoms with van der Waals surface area (Å²) in [6.07, 6.45) is 15.1. The molecule has 1 amide bonds. The molecule has 0 saturated heterocycles. The second kappa shape index (κ2) is 13.2. The van der Waals surface area contributed by atoms with E-state index in [1.54, 1.807) is 7.11 Å². The van der Waals surface area contributed by atoms with Crippen LogP contribution in [0.2, 0.25) is 0 Å². The standard InChI is InChI=1S/C35H46N2O4/c1-23(2)32(40-4)19-8-24(3)26-11-9-25(10-12-26)22-37(35(39)28-15-17-31(38)18-16-28)30-7-5-6-29(20-30)33-21-36-34(41-33)27-13-14-27/h5-8,19-21,25-28,31,38H,3,9-18,22H2,1-2,4H3/b19-8-/t25-,26-,28-,31-. The van der Waals surface area contributed by atoms with Gasteiger partial charge in [-0.3, -0.25) is 4.79 Å². The largest absolute Gasteiger partial charge is 0.497 e. The Bertz CT molecular complexity index is 1270. The van der Waals surface area contributed by atoms with Crippen LogP contribution in [0.5, 0.6) is 0 Å². The Morgan fingerprint density at radius 1 is 1.05 bits per heavy atom. The molecule has 1 heterocycles. The summed E-state index contributed by atoms with van der Waals surface area (Å²) in [5, 5.41) is 10.0. The number of oxazole rings is 1. The monoisotopic (exact) mass is 558 g/mol. The Morgan fingerprint density at radius 2 is 1.76 bits per heavy atom. The van der Waals surface area contributed by atoms with E-state index in [4.69, 9.17) is 9.15 Å². The third kappa shape index (κ3) is 7.40. The lowest BCUT2D eigenvalue weighted by atomic mass is 9.78. The molecule has 6 heteroatoms. The van der Waals surface area contributed by atoms with Crippen molar-refractivity contribution in [3.05, 3.63) is 72.0 Å². The Labute approximate surface area is 245 Å². The minimum absolute atomic E-state index is 0.0416. The molecule has 1 aromatic carbocycles. The number of aliphatic hydroxyl groups is 1.